The highest BCUT2D eigenvalue weighted by Crippen LogP contribution is 2.15. The summed E-state index contributed by atoms with van der Waals surface area (Å²) in [5, 5.41) is 2.81. The van der Waals surface area contributed by atoms with E-state index in [-0.39, 0.29) is 18.2 Å². The van der Waals surface area contributed by atoms with Crippen LogP contribution in [0.3, 0.4) is 0 Å². The van der Waals surface area contributed by atoms with Gasteiger partial charge in [0.1, 0.15) is 6.04 Å². The molecule has 2 amide bonds. The van der Waals surface area contributed by atoms with Gasteiger partial charge in [-0.1, -0.05) is 48.5 Å². The smallest absolute Gasteiger partial charge is 0.242 e. The Morgan fingerprint density at radius 1 is 1.00 bits per heavy atom. The molecular weight excluding hydrogens is 324 g/mol. The number of nitrogens with one attached hydrogen (secondary N) is 1. The van der Waals surface area contributed by atoms with E-state index >= 15 is 0 Å². The molecule has 0 fully saturated rings. The van der Waals surface area contributed by atoms with Gasteiger partial charge in [0, 0.05) is 13.1 Å². The van der Waals surface area contributed by atoms with Crippen molar-refractivity contribution in [2.24, 2.45) is 0 Å². The summed E-state index contributed by atoms with van der Waals surface area (Å²) in [6.07, 6.45) is 0.289. The van der Waals surface area contributed by atoms with Crippen molar-refractivity contribution in [3.63, 3.8) is 0 Å². The zero-order valence-electron chi connectivity index (χ0n) is 16.1. The van der Waals surface area contributed by atoms with Gasteiger partial charge < -0.3 is 10.2 Å². The molecule has 4 heteroatoms. The fraction of sp³-hybridized carbons (Fsp3) is 0.364. The van der Waals surface area contributed by atoms with Crippen LogP contribution in [0.5, 0.6) is 0 Å². The van der Waals surface area contributed by atoms with Gasteiger partial charge in [0.2, 0.25) is 11.8 Å². The molecular formula is C22H28N2O2. The third kappa shape index (κ3) is 5.19. The van der Waals surface area contributed by atoms with Crippen molar-refractivity contribution in [3.05, 3.63) is 70.8 Å². The number of rotatable bonds is 7. The predicted molar refractivity (Wildman–Crippen MR) is 105 cm³/mol. The summed E-state index contributed by atoms with van der Waals surface area (Å²) < 4.78 is 0. The Morgan fingerprint density at radius 2 is 1.69 bits per heavy atom. The van der Waals surface area contributed by atoms with Crippen LogP contribution in [0.4, 0.5) is 0 Å². The first-order valence-electron chi connectivity index (χ1n) is 9.09. The van der Waals surface area contributed by atoms with Crippen molar-refractivity contribution in [1.29, 1.82) is 0 Å². The average molecular weight is 352 g/mol. The van der Waals surface area contributed by atoms with E-state index < -0.39 is 6.04 Å². The maximum absolute atomic E-state index is 13.0. The summed E-state index contributed by atoms with van der Waals surface area (Å²) >= 11 is 0. The Labute approximate surface area is 156 Å². The van der Waals surface area contributed by atoms with E-state index in [0.717, 1.165) is 11.1 Å². The fourth-order valence-corrected chi connectivity index (χ4v) is 2.87. The van der Waals surface area contributed by atoms with E-state index in [0.29, 0.717) is 13.1 Å². The summed E-state index contributed by atoms with van der Waals surface area (Å²) in [5.41, 5.74) is 4.36. The van der Waals surface area contributed by atoms with Crippen molar-refractivity contribution in [3.8, 4) is 0 Å². The second kappa shape index (κ2) is 9.18. The molecule has 0 spiro atoms. The zero-order valence-corrected chi connectivity index (χ0v) is 16.1. The highest BCUT2D eigenvalue weighted by molar-refractivity contribution is 5.88. The lowest BCUT2D eigenvalue weighted by molar-refractivity contribution is -0.140. The van der Waals surface area contributed by atoms with Gasteiger partial charge >= 0.3 is 0 Å². The van der Waals surface area contributed by atoms with Crippen LogP contribution in [0.15, 0.2) is 48.5 Å². The standard InChI is InChI=1S/C22H28N2O2/c1-5-23-22(26)18(4)24(15-19-9-7-6-8-10-19)21(25)14-20-12-11-16(2)17(3)13-20/h6-13,18H,5,14-15H2,1-4H3,(H,23,26)/t18-/m0/s1. The van der Waals surface area contributed by atoms with Crippen molar-refractivity contribution < 1.29 is 9.59 Å². The first-order chi connectivity index (χ1) is 12.4. The largest absolute Gasteiger partial charge is 0.355 e. The lowest BCUT2D eigenvalue weighted by atomic mass is 10.0. The lowest BCUT2D eigenvalue weighted by Gasteiger charge is -2.29. The molecule has 26 heavy (non-hydrogen) atoms. The molecule has 1 atom stereocenters. The number of likely N-dealkylation sites (N-methyl/N-ethyl adjacent to an activating group) is 1. The molecule has 0 aliphatic heterocycles. The van der Waals surface area contributed by atoms with Crippen molar-refractivity contribution in [2.45, 2.75) is 46.7 Å². The average Bonchev–Trinajstić information content (AvgIpc) is 2.63. The molecule has 0 heterocycles. The van der Waals surface area contributed by atoms with Crippen LogP contribution >= 0.6 is 0 Å². The maximum atomic E-state index is 13.0. The van der Waals surface area contributed by atoms with Crippen LogP contribution in [0, 0.1) is 13.8 Å². The van der Waals surface area contributed by atoms with Gasteiger partial charge in [-0.3, -0.25) is 9.59 Å². The van der Waals surface area contributed by atoms with Gasteiger partial charge in [-0.05, 0) is 49.9 Å². The normalized spacial score (nSPS) is 11.7. The quantitative estimate of drug-likeness (QED) is 0.830. The lowest BCUT2D eigenvalue weighted by Crippen LogP contribution is -2.48. The molecule has 2 aromatic rings. The number of hydrogen-bond donors (Lipinski definition) is 1. The minimum absolute atomic E-state index is 0.0455. The fourth-order valence-electron chi connectivity index (χ4n) is 2.87. The number of hydrogen-bond acceptors (Lipinski definition) is 2. The van der Waals surface area contributed by atoms with E-state index in [4.69, 9.17) is 0 Å². The molecule has 1 N–H and O–H groups in total. The van der Waals surface area contributed by atoms with Crippen LogP contribution in [0.1, 0.15) is 36.1 Å². The molecule has 0 aliphatic rings. The van der Waals surface area contributed by atoms with Gasteiger partial charge in [0.05, 0.1) is 6.42 Å². The molecule has 2 rings (SSSR count). The molecule has 0 bridgehead atoms. The van der Waals surface area contributed by atoms with E-state index in [1.807, 2.05) is 62.4 Å². The van der Waals surface area contributed by atoms with Crippen LogP contribution in [0.2, 0.25) is 0 Å². The Kier molecular flexibility index (Phi) is 6.96. The predicted octanol–water partition coefficient (Wildman–Crippen LogP) is 3.40. The summed E-state index contributed by atoms with van der Waals surface area (Å²) in [5.74, 6) is -0.173. The molecule has 0 aromatic heterocycles. The highest BCUT2D eigenvalue weighted by atomic mass is 16.2. The molecule has 0 radical (unpaired) electrons. The number of carbonyl (C=O) groups is 2. The number of carbonyl (C=O) groups excluding carboxylic acids is 2. The van der Waals surface area contributed by atoms with Crippen molar-refractivity contribution >= 4 is 11.8 Å². The van der Waals surface area contributed by atoms with Gasteiger partial charge in [0.15, 0.2) is 0 Å². The Bertz CT molecular complexity index is 756. The van der Waals surface area contributed by atoms with E-state index in [2.05, 4.69) is 12.2 Å². The summed E-state index contributed by atoms with van der Waals surface area (Å²) in [6.45, 7) is 8.73. The molecule has 4 nitrogen and oxygen atoms in total. The third-order valence-electron chi connectivity index (χ3n) is 4.64. The van der Waals surface area contributed by atoms with E-state index in [9.17, 15) is 9.59 Å². The summed E-state index contributed by atoms with van der Waals surface area (Å²) in [6, 6.07) is 15.3. The molecule has 0 aliphatic carbocycles. The van der Waals surface area contributed by atoms with Gasteiger partial charge in [-0.25, -0.2) is 0 Å². The SMILES string of the molecule is CCNC(=O)[C@H](C)N(Cc1ccccc1)C(=O)Cc1ccc(C)c(C)c1. The number of nitrogens with zero attached hydrogens (tertiary/aromatic N) is 1. The maximum Gasteiger partial charge on any atom is 0.242 e. The molecule has 0 unspecified atom stereocenters. The monoisotopic (exact) mass is 352 g/mol. The first-order valence-corrected chi connectivity index (χ1v) is 9.09. The minimum atomic E-state index is -0.519. The topological polar surface area (TPSA) is 49.4 Å². The highest BCUT2D eigenvalue weighted by Gasteiger charge is 2.25. The Hall–Kier alpha value is -2.62. The Morgan fingerprint density at radius 3 is 2.31 bits per heavy atom. The molecule has 0 saturated heterocycles. The second-order valence-electron chi connectivity index (χ2n) is 6.67. The van der Waals surface area contributed by atoms with Crippen LogP contribution < -0.4 is 5.32 Å². The van der Waals surface area contributed by atoms with Crippen molar-refractivity contribution in [1.82, 2.24) is 10.2 Å². The van der Waals surface area contributed by atoms with E-state index in [1.54, 1.807) is 11.8 Å². The first kappa shape index (κ1) is 19.7. The van der Waals surface area contributed by atoms with Crippen molar-refractivity contribution in [2.75, 3.05) is 6.54 Å². The molecule has 2 aromatic carbocycles. The Balaban J connectivity index is 2.21. The zero-order chi connectivity index (χ0) is 19.1. The second-order valence-corrected chi connectivity index (χ2v) is 6.67. The van der Waals surface area contributed by atoms with Crippen LogP contribution in [-0.2, 0) is 22.6 Å². The van der Waals surface area contributed by atoms with Crippen LogP contribution in [-0.4, -0.2) is 29.3 Å². The van der Waals surface area contributed by atoms with Gasteiger partial charge in [-0.2, -0.15) is 0 Å². The van der Waals surface area contributed by atoms with Gasteiger partial charge in [-0.15, -0.1) is 0 Å². The van der Waals surface area contributed by atoms with Crippen LogP contribution in [0.25, 0.3) is 0 Å². The summed E-state index contributed by atoms with van der Waals surface area (Å²) in [7, 11) is 0. The molecule has 138 valence electrons. The number of benzene rings is 2. The summed E-state index contributed by atoms with van der Waals surface area (Å²) in [4.78, 5) is 27.0. The van der Waals surface area contributed by atoms with E-state index in [1.165, 1.54) is 11.1 Å². The number of amides is 2. The molecule has 0 saturated carbocycles. The third-order valence-corrected chi connectivity index (χ3v) is 4.64. The minimum Gasteiger partial charge on any atom is -0.355 e. The van der Waals surface area contributed by atoms with Gasteiger partial charge in [0.25, 0.3) is 0 Å². The number of aryl methyl sites for hydroxylation is 2.